The average molecular weight is 365 g/mol. The van der Waals surface area contributed by atoms with Gasteiger partial charge >= 0.3 is 0 Å². The van der Waals surface area contributed by atoms with Crippen LogP contribution < -0.4 is 10.6 Å². The summed E-state index contributed by atoms with van der Waals surface area (Å²) < 4.78 is 1.72. The standard InChI is InChI=1S/C19H19N5O3/c25-19(12-15-13-22-23(14-15)16-6-2-1-3-7-16)21-11-10-20-17-8-4-5-9-18(17)24(26)27/h1-9,13-14,20H,10-12H2,(H,21,25). The molecule has 2 N–H and O–H groups in total. The molecule has 0 aliphatic rings. The lowest BCUT2D eigenvalue weighted by atomic mass is 10.2. The van der Waals surface area contributed by atoms with Gasteiger partial charge in [-0.3, -0.25) is 14.9 Å². The maximum atomic E-state index is 12.1. The van der Waals surface area contributed by atoms with Crippen molar-refractivity contribution in [2.75, 3.05) is 18.4 Å². The van der Waals surface area contributed by atoms with E-state index < -0.39 is 4.92 Å². The highest BCUT2D eigenvalue weighted by Crippen LogP contribution is 2.22. The van der Waals surface area contributed by atoms with Crippen LogP contribution in [0.4, 0.5) is 11.4 Å². The Morgan fingerprint density at radius 2 is 1.81 bits per heavy atom. The van der Waals surface area contributed by atoms with Gasteiger partial charge in [-0.2, -0.15) is 5.10 Å². The summed E-state index contributed by atoms with van der Waals surface area (Å²) in [6, 6.07) is 16.1. The number of benzene rings is 2. The van der Waals surface area contributed by atoms with Crippen molar-refractivity contribution in [2.45, 2.75) is 6.42 Å². The van der Waals surface area contributed by atoms with Crippen LogP contribution in [0.25, 0.3) is 5.69 Å². The molecule has 27 heavy (non-hydrogen) atoms. The maximum Gasteiger partial charge on any atom is 0.292 e. The van der Waals surface area contributed by atoms with Crippen molar-refractivity contribution in [1.29, 1.82) is 0 Å². The summed E-state index contributed by atoms with van der Waals surface area (Å²) in [6.45, 7) is 0.748. The number of hydrogen-bond donors (Lipinski definition) is 2. The number of carbonyl (C=O) groups excluding carboxylic acids is 1. The Morgan fingerprint density at radius 3 is 2.59 bits per heavy atom. The SMILES string of the molecule is O=C(Cc1cnn(-c2ccccc2)c1)NCCNc1ccccc1[N+](=O)[O-]. The molecule has 0 unspecified atom stereocenters. The fourth-order valence-electron chi connectivity index (χ4n) is 2.60. The normalized spacial score (nSPS) is 10.4. The van der Waals surface area contributed by atoms with E-state index >= 15 is 0 Å². The maximum absolute atomic E-state index is 12.1. The monoisotopic (exact) mass is 365 g/mol. The summed E-state index contributed by atoms with van der Waals surface area (Å²) in [5.41, 5.74) is 2.18. The molecule has 0 saturated carbocycles. The van der Waals surface area contributed by atoms with Crippen LogP contribution in [-0.2, 0) is 11.2 Å². The molecule has 1 heterocycles. The number of nitro groups is 1. The molecule has 8 heteroatoms. The van der Waals surface area contributed by atoms with Crippen molar-refractivity contribution in [2.24, 2.45) is 0 Å². The van der Waals surface area contributed by atoms with Crippen LogP contribution >= 0.6 is 0 Å². The topological polar surface area (TPSA) is 102 Å². The Balaban J connectivity index is 1.46. The molecule has 2 aromatic carbocycles. The molecule has 138 valence electrons. The molecule has 0 aliphatic carbocycles. The third-order valence-corrected chi connectivity index (χ3v) is 3.88. The van der Waals surface area contributed by atoms with E-state index in [0.717, 1.165) is 11.3 Å². The van der Waals surface area contributed by atoms with Gasteiger partial charge in [0.1, 0.15) is 5.69 Å². The predicted octanol–water partition coefficient (Wildman–Crippen LogP) is 2.55. The highest BCUT2D eigenvalue weighted by Gasteiger charge is 2.11. The number of amides is 1. The van der Waals surface area contributed by atoms with Crippen molar-refractivity contribution in [1.82, 2.24) is 15.1 Å². The van der Waals surface area contributed by atoms with E-state index in [4.69, 9.17) is 0 Å². The average Bonchev–Trinajstić information content (AvgIpc) is 3.14. The van der Waals surface area contributed by atoms with Crippen LogP contribution in [-0.4, -0.2) is 33.7 Å². The van der Waals surface area contributed by atoms with E-state index in [1.807, 2.05) is 36.5 Å². The van der Waals surface area contributed by atoms with E-state index in [0.29, 0.717) is 18.8 Å². The van der Waals surface area contributed by atoms with Gasteiger partial charge < -0.3 is 10.6 Å². The number of para-hydroxylation sites is 3. The van der Waals surface area contributed by atoms with E-state index in [1.54, 1.807) is 29.1 Å². The lowest BCUT2D eigenvalue weighted by Gasteiger charge is -2.08. The molecule has 0 spiro atoms. The summed E-state index contributed by atoms with van der Waals surface area (Å²) >= 11 is 0. The Hall–Kier alpha value is -3.68. The number of nitrogens with zero attached hydrogens (tertiary/aromatic N) is 3. The first-order valence-electron chi connectivity index (χ1n) is 8.46. The minimum Gasteiger partial charge on any atom is -0.378 e. The fourth-order valence-corrected chi connectivity index (χ4v) is 2.60. The van der Waals surface area contributed by atoms with Gasteiger partial charge in [0.15, 0.2) is 0 Å². The predicted molar refractivity (Wildman–Crippen MR) is 102 cm³/mol. The van der Waals surface area contributed by atoms with Crippen molar-refractivity contribution in [3.63, 3.8) is 0 Å². The smallest absolute Gasteiger partial charge is 0.292 e. The first-order valence-corrected chi connectivity index (χ1v) is 8.46. The van der Waals surface area contributed by atoms with Crippen LogP contribution in [0.5, 0.6) is 0 Å². The van der Waals surface area contributed by atoms with Crippen molar-refractivity contribution in [3.8, 4) is 5.69 Å². The zero-order valence-corrected chi connectivity index (χ0v) is 14.5. The van der Waals surface area contributed by atoms with Crippen LogP contribution in [0, 0.1) is 10.1 Å². The lowest BCUT2D eigenvalue weighted by Crippen LogP contribution is -2.30. The van der Waals surface area contributed by atoms with E-state index in [1.165, 1.54) is 6.07 Å². The molecule has 8 nitrogen and oxygen atoms in total. The van der Waals surface area contributed by atoms with Gasteiger partial charge in [0.25, 0.3) is 5.69 Å². The number of nitrogens with one attached hydrogen (secondary N) is 2. The second-order valence-corrected chi connectivity index (χ2v) is 5.86. The fraction of sp³-hybridized carbons (Fsp3) is 0.158. The molecule has 0 atom stereocenters. The van der Waals surface area contributed by atoms with E-state index in [-0.39, 0.29) is 18.0 Å². The van der Waals surface area contributed by atoms with Crippen LogP contribution in [0.1, 0.15) is 5.56 Å². The van der Waals surface area contributed by atoms with Crippen molar-refractivity contribution >= 4 is 17.3 Å². The van der Waals surface area contributed by atoms with Crippen molar-refractivity contribution in [3.05, 3.63) is 82.7 Å². The quantitative estimate of drug-likeness (QED) is 0.363. The molecule has 0 saturated heterocycles. The Bertz CT molecular complexity index is 924. The van der Waals surface area contributed by atoms with Crippen LogP contribution in [0.15, 0.2) is 67.0 Å². The van der Waals surface area contributed by atoms with Crippen molar-refractivity contribution < 1.29 is 9.72 Å². The summed E-state index contributed by atoms with van der Waals surface area (Å²) in [6.07, 6.45) is 3.71. The number of hydrogen-bond acceptors (Lipinski definition) is 5. The zero-order chi connectivity index (χ0) is 19.1. The molecule has 0 fully saturated rings. The highest BCUT2D eigenvalue weighted by molar-refractivity contribution is 5.78. The number of rotatable bonds is 8. The number of nitro benzene ring substituents is 1. The van der Waals surface area contributed by atoms with Gasteiger partial charge in [-0.1, -0.05) is 30.3 Å². The molecule has 1 amide bonds. The Morgan fingerprint density at radius 1 is 1.07 bits per heavy atom. The van der Waals surface area contributed by atoms with E-state index in [9.17, 15) is 14.9 Å². The molecule has 1 aromatic heterocycles. The lowest BCUT2D eigenvalue weighted by molar-refractivity contribution is -0.384. The van der Waals surface area contributed by atoms with Gasteiger partial charge in [-0.15, -0.1) is 0 Å². The molecule has 3 aromatic rings. The van der Waals surface area contributed by atoms with Gasteiger partial charge in [0.2, 0.25) is 5.91 Å². The first kappa shape index (κ1) is 18.1. The summed E-state index contributed by atoms with van der Waals surface area (Å²) in [4.78, 5) is 22.6. The van der Waals surface area contributed by atoms with Gasteiger partial charge in [0, 0.05) is 25.4 Å². The first-order chi connectivity index (χ1) is 13.1. The second-order valence-electron chi connectivity index (χ2n) is 5.86. The Kier molecular flexibility index (Phi) is 5.78. The van der Waals surface area contributed by atoms with Gasteiger partial charge in [-0.05, 0) is 23.8 Å². The molecular weight excluding hydrogens is 346 g/mol. The molecular formula is C19H19N5O3. The number of anilines is 1. The molecule has 0 radical (unpaired) electrons. The van der Waals surface area contributed by atoms with Gasteiger partial charge in [0.05, 0.1) is 23.2 Å². The van der Waals surface area contributed by atoms with Gasteiger partial charge in [-0.25, -0.2) is 4.68 Å². The minimum atomic E-state index is -0.439. The number of carbonyl (C=O) groups is 1. The largest absolute Gasteiger partial charge is 0.378 e. The zero-order valence-electron chi connectivity index (χ0n) is 14.5. The highest BCUT2D eigenvalue weighted by atomic mass is 16.6. The third-order valence-electron chi connectivity index (χ3n) is 3.88. The van der Waals surface area contributed by atoms with Crippen LogP contribution in [0.2, 0.25) is 0 Å². The summed E-state index contributed by atoms with van der Waals surface area (Å²) in [5.74, 6) is -0.132. The molecule has 0 bridgehead atoms. The molecule has 3 rings (SSSR count). The summed E-state index contributed by atoms with van der Waals surface area (Å²) in [5, 5.41) is 21.0. The minimum absolute atomic E-state index is 0.0113. The van der Waals surface area contributed by atoms with Crippen LogP contribution in [0.3, 0.4) is 0 Å². The van der Waals surface area contributed by atoms with E-state index in [2.05, 4.69) is 15.7 Å². The second kappa shape index (κ2) is 8.61. The Labute approximate surface area is 156 Å². The molecule has 0 aliphatic heterocycles. The number of aromatic nitrogens is 2. The third kappa shape index (κ3) is 4.91. The summed E-state index contributed by atoms with van der Waals surface area (Å²) in [7, 11) is 0.